The first-order valence-electron chi connectivity index (χ1n) is 5.08. The van der Waals surface area contributed by atoms with Crippen LogP contribution >= 0.6 is 11.3 Å². The molecule has 0 bridgehead atoms. The first kappa shape index (κ1) is 11.0. The molecule has 82 valence electrons. The van der Waals surface area contributed by atoms with Gasteiger partial charge in [-0.1, -0.05) is 12.1 Å². The molecule has 0 aromatic carbocycles. The Morgan fingerprint density at radius 2 is 2.31 bits per heavy atom. The number of hydrogen-bond acceptors (Lipinski definition) is 4. The number of hydrogen-bond donors (Lipinski definition) is 1. The lowest BCUT2D eigenvalue weighted by Gasteiger charge is -1.96. The highest BCUT2D eigenvalue weighted by Crippen LogP contribution is 2.22. The van der Waals surface area contributed by atoms with E-state index in [1.165, 1.54) is 4.88 Å². The fraction of sp³-hybridized carbons (Fsp3) is 0.167. The lowest BCUT2D eigenvalue weighted by atomic mass is 10.4. The largest absolute Gasteiger partial charge is 0.308 e. The molecule has 0 saturated heterocycles. The Balaban J connectivity index is 2.05. The van der Waals surface area contributed by atoms with Gasteiger partial charge in [-0.15, -0.1) is 17.9 Å². The summed E-state index contributed by atoms with van der Waals surface area (Å²) in [6, 6.07) is 5.85. The molecule has 2 aromatic heterocycles. The van der Waals surface area contributed by atoms with Crippen LogP contribution in [-0.4, -0.2) is 16.5 Å². The van der Waals surface area contributed by atoms with Crippen molar-refractivity contribution >= 4 is 11.3 Å². The monoisotopic (exact) mass is 231 g/mol. The minimum atomic E-state index is 0.816. The van der Waals surface area contributed by atoms with Crippen LogP contribution in [-0.2, 0) is 6.54 Å². The van der Waals surface area contributed by atoms with Crippen molar-refractivity contribution in [3.05, 3.63) is 48.1 Å². The molecule has 0 amide bonds. The van der Waals surface area contributed by atoms with Crippen LogP contribution in [0, 0.1) is 0 Å². The van der Waals surface area contributed by atoms with Gasteiger partial charge in [0.05, 0.1) is 5.69 Å². The van der Waals surface area contributed by atoms with Crippen molar-refractivity contribution in [1.82, 2.24) is 15.3 Å². The predicted molar refractivity (Wildman–Crippen MR) is 67.2 cm³/mol. The molecule has 0 aliphatic carbocycles. The van der Waals surface area contributed by atoms with Crippen LogP contribution in [0.15, 0.2) is 43.2 Å². The van der Waals surface area contributed by atoms with Gasteiger partial charge in [0, 0.05) is 30.4 Å². The molecule has 0 unspecified atom stereocenters. The van der Waals surface area contributed by atoms with Crippen LogP contribution in [0.3, 0.4) is 0 Å². The standard InChI is InChI=1S/C12H13N3S/c1-2-6-13-8-10-9-15-12(16-10)11-5-3-4-7-14-11/h2-5,7,9,13H,1,6,8H2. The Hall–Kier alpha value is -1.52. The highest BCUT2D eigenvalue weighted by atomic mass is 32.1. The normalized spacial score (nSPS) is 10.2. The zero-order valence-corrected chi connectivity index (χ0v) is 9.70. The Labute approximate surface area is 98.9 Å². The summed E-state index contributed by atoms with van der Waals surface area (Å²) in [5, 5.41) is 4.22. The van der Waals surface area contributed by atoms with E-state index in [0.29, 0.717) is 0 Å². The summed E-state index contributed by atoms with van der Waals surface area (Å²) < 4.78 is 0. The molecule has 4 heteroatoms. The molecule has 3 nitrogen and oxygen atoms in total. The zero-order valence-electron chi connectivity index (χ0n) is 8.89. The molecule has 0 aliphatic heterocycles. The third-order valence-electron chi connectivity index (χ3n) is 2.03. The molecular formula is C12H13N3S. The zero-order chi connectivity index (χ0) is 11.2. The van der Waals surface area contributed by atoms with E-state index in [4.69, 9.17) is 0 Å². The molecule has 2 aromatic rings. The van der Waals surface area contributed by atoms with Crippen LogP contribution in [0.2, 0.25) is 0 Å². The van der Waals surface area contributed by atoms with E-state index >= 15 is 0 Å². The Bertz CT molecular complexity index is 450. The summed E-state index contributed by atoms with van der Waals surface area (Å²) in [6.07, 6.45) is 5.53. The number of pyridine rings is 1. The van der Waals surface area contributed by atoms with E-state index in [-0.39, 0.29) is 0 Å². The molecule has 1 N–H and O–H groups in total. The van der Waals surface area contributed by atoms with Gasteiger partial charge in [-0.05, 0) is 12.1 Å². The van der Waals surface area contributed by atoms with Crippen molar-refractivity contribution in [2.24, 2.45) is 0 Å². The van der Waals surface area contributed by atoms with Gasteiger partial charge in [-0.2, -0.15) is 0 Å². The maximum Gasteiger partial charge on any atom is 0.142 e. The summed E-state index contributed by atoms with van der Waals surface area (Å²) in [5.41, 5.74) is 0.933. The van der Waals surface area contributed by atoms with Gasteiger partial charge in [-0.3, -0.25) is 4.98 Å². The minimum absolute atomic E-state index is 0.816. The van der Waals surface area contributed by atoms with Gasteiger partial charge in [0.1, 0.15) is 5.01 Å². The summed E-state index contributed by atoms with van der Waals surface area (Å²) in [7, 11) is 0. The summed E-state index contributed by atoms with van der Waals surface area (Å²) >= 11 is 1.67. The van der Waals surface area contributed by atoms with E-state index in [1.54, 1.807) is 17.5 Å². The number of rotatable bonds is 5. The van der Waals surface area contributed by atoms with Crippen LogP contribution in [0.4, 0.5) is 0 Å². The molecule has 0 spiro atoms. The van der Waals surface area contributed by atoms with Crippen molar-refractivity contribution < 1.29 is 0 Å². The maximum atomic E-state index is 4.36. The van der Waals surface area contributed by atoms with Gasteiger partial charge >= 0.3 is 0 Å². The van der Waals surface area contributed by atoms with Crippen LogP contribution in [0.1, 0.15) is 4.88 Å². The van der Waals surface area contributed by atoms with Crippen molar-refractivity contribution in [2.75, 3.05) is 6.54 Å². The summed E-state index contributed by atoms with van der Waals surface area (Å²) in [4.78, 5) is 9.84. The maximum absolute atomic E-state index is 4.36. The molecule has 0 aliphatic rings. The summed E-state index contributed by atoms with van der Waals surface area (Å²) in [5.74, 6) is 0. The quantitative estimate of drug-likeness (QED) is 0.634. The molecule has 2 rings (SSSR count). The van der Waals surface area contributed by atoms with E-state index in [9.17, 15) is 0 Å². The molecule has 0 atom stereocenters. The summed E-state index contributed by atoms with van der Waals surface area (Å²) in [6.45, 7) is 5.31. The lowest BCUT2D eigenvalue weighted by Crippen LogP contribution is -2.11. The third-order valence-corrected chi connectivity index (χ3v) is 3.05. The molecule has 2 heterocycles. The Morgan fingerprint density at radius 3 is 3.06 bits per heavy atom. The van der Waals surface area contributed by atoms with Crippen molar-refractivity contribution in [3.8, 4) is 10.7 Å². The van der Waals surface area contributed by atoms with Gasteiger partial charge < -0.3 is 5.32 Å². The fourth-order valence-electron chi connectivity index (χ4n) is 1.29. The first-order valence-corrected chi connectivity index (χ1v) is 5.89. The fourth-order valence-corrected chi connectivity index (χ4v) is 2.15. The predicted octanol–water partition coefficient (Wildman–Crippen LogP) is 2.48. The van der Waals surface area contributed by atoms with Crippen molar-refractivity contribution in [1.29, 1.82) is 0 Å². The second-order valence-electron chi connectivity index (χ2n) is 3.27. The minimum Gasteiger partial charge on any atom is -0.308 e. The lowest BCUT2D eigenvalue weighted by molar-refractivity contribution is 0.769. The number of nitrogens with one attached hydrogen (secondary N) is 1. The van der Waals surface area contributed by atoms with Gasteiger partial charge in [0.25, 0.3) is 0 Å². The molecule has 16 heavy (non-hydrogen) atoms. The SMILES string of the molecule is C=CCNCc1cnc(-c2ccccn2)s1. The average Bonchev–Trinajstić information content (AvgIpc) is 2.79. The molecule has 0 radical (unpaired) electrons. The molecule has 0 saturated carbocycles. The van der Waals surface area contributed by atoms with E-state index in [1.807, 2.05) is 30.5 Å². The van der Waals surface area contributed by atoms with E-state index < -0.39 is 0 Å². The smallest absolute Gasteiger partial charge is 0.142 e. The number of nitrogens with zero attached hydrogens (tertiary/aromatic N) is 2. The number of thiazole rings is 1. The average molecular weight is 231 g/mol. The molecular weight excluding hydrogens is 218 g/mol. The van der Waals surface area contributed by atoms with Crippen LogP contribution in [0.25, 0.3) is 10.7 Å². The van der Waals surface area contributed by atoms with Gasteiger partial charge in [0.2, 0.25) is 0 Å². The second kappa shape index (κ2) is 5.53. The van der Waals surface area contributed by atoms with Crippen molar-refractivity contribution in [3.63, 3.8) is 0 Å². The van der Waals surface area contributed by atoms with Crippen molar-refractivity contribution in [2.45, 2.75) is 6.54 Å². The third kappa shape index (κ3) is 2.74. The van der Waals surface area contributed by atoms with Crippen LogP contribution < -0.4 is 5.32 Å². The van der Waals surface area contributed by atoms with Gasteiger partial charge in [-0.25, -0.2) is 4.98 Å². The van der Waals surface area contributed by atoms with Gasteiger partial charge in [0.15, 0.2) is 0 Å². The van der Waals surface area contributed by atoms with E-state index in [0.717, 1.165) is 23.8 Å². The highest BCUT2D eigenvalue weighted by molar-refractivity contribution is 7.14. The Kier molecular flexibility index (Phi) is 3.80. The van der Waals surface area contributed by atoms with Crippen LogP contribution in [0.5, 0.6) is 0 Å². The second-order valence-corrected chi connectivity index (χ2v) is 4.38. The van der Waals surface area contributed by atoms with E-state index in [2.05, 4.69) is 21.9 Å². The number of aromatic nitrogens is 2. The highest BCUT2D eigenvalue weighted by Gasteiger charge is 2.04. The topological polar surface area (TPSA) is 37.8 Å². The first-order chi connectivity index (χ1) is 7.90. The molecule has 0 fully saturated rings. The Morgan fingerprint density at radius 1 is 1.38 bits per heavy atom.